The van der Waals surface area contributed by atoms with Gasteiger partial charge < -0.3 is 10.4 Å². The second kappa shape index (κ2) is 4.84. The molecule has 100 valence electrons. The van der Waals surface area contributed by atoms with Crippen molar-refractivity contribution in [2.75, 3.05) is 0 Å². The summed E-state index contributed by atoms with van der Waals surface area (Å²) in [5.74, 6) is -0.156. The second-order valence-corrected chi connectivity index (χ2v) is 5.03. The first kappa shape index (κ1) is 13.3. The van der Waals surface area contributed by atoms with Crippen LogP contribution in [0.25, 0.3) is 11.0 Å². The largest absolute Gasteiger partial charge is 0.618 e. The van der Waals surface area contributed by atoms with Gasteiger partial charge in [0.1, 0.15) is 0 Å². The highest BCUT2D eigenvalue weighted by Crippen LogP contribution is 2.12. The lowest BCUT2D eigenvalue weighted by molar-refractivity contribution is -0.635. The molecule has 0 atom stereocenters. The monoisotopic (exact) mass is 260 g/mol. The average molecular weight is 260 g/mol. The van der Waals surface area contributed by atoms with Gasteiger partial charge >= 0.3 is 5.69 Å². The lowest BCUT2D eigenvalue weighted by atomic mass is 10.0. The first-order valence-corrected chi connectivity index (χ1v) is 6.21. The van der Waals surface area contributed by atoms with Gasteiger partial charge in [-0.2, -0.15) is 9.46 Å². The van der Waals surface area contributed by atoms with Crippen molar-refractivity contribution >= 4 is 16.8 Å². The van der Waals surface area contributed by atoms with Gasteiger partial charge in [0.25, 0.3) is 16.7 Å². The van der Waals surface area contributed by atoms with Gasteiger partial charge in [0.15, 0.2) is 0 Å². The Balaban J connectivity index is 2.71. The molecule has 0 aliphatic carbocycles. The molecule has 2 rings (SSSR count). The van der Waals surface area contributed by atoms with Crippen LogP contribution in [0.5, 0.6) is 0 Å². The fourth-order valence-corrected chi connectivity index (χ4v) is 2.13. The number of fused-ring (bicyclic) bond motifs is 1. The van der Waals surface area contributed by atoms with E-state index in [0.29, 0.717) is 9.46 Å². The lowest BCUT2D eigenvalue weighted by Gasteiger charge is -2.11. The van der Waals surface area contributed by atoms with E-state index in [-0.39, 0.29) is 40.5 Å². The van der Waals surface area contributed by atoms with Crippen LogP contribution in [0.4, 0.5) is 0 Å². The first-order valence-electron chi connectivity index (χ1n) is 6.21. The highest BCUT2D eigenvalue weighted by Gasteiger charge is 2.30. The molecule has 2 aromatic rings. The Morgan fingerprint density at radius 2 is 1.68 bits per heavy atom. The van der Waals surface area contributed by atoms with Crippen LogP contribution in [0, 0.1) is 23.3 Å². The summed E-state index contributed by atoms with van der Waals surface area (Å²) in [7, 11) is 0. The topological polar surface area (TPSA) is 71.0 Å². The number of carbonyl (C=O) groups excluding carboxylic acids is 1. The summed E-state index contributed by atoms with van der Waals surface area (Å²) >= 11 is 0. The Morgan fingerprint density at radius 1 is 1.16 bits per heavy atom. The number of carbonyl (C=O) groups is 1. The van der Waals surface area contributed by atoms with E-state index in [1.165, 1.54) is 6.92 Å². The van der Waals surface area contributed by atoms with Crippen molar-refractivity contribution < 1.29 is 14.3 Å². The molecule has 0 spiro atoms. The molecule has 0 amide bonds. The molecular weight excluding hydrogens is 244 g/mol. The minimum absolute atomic E-state index is 0.0533. The van der Waals surface area contributed by atoms with Crippen LogP contribution < -0.4 is 9.46 Å². The van der Waals surface area contributed by atoms with E-state index < -0.39 is 0 Å². The molecule has 0 fully saturated rings. The molecule has 0 radical (unpaired) electrons. The molecular formula is C14H16N2O3. The molecule has 5 heteroatoms. The van der Waals surface area contributed by atoms with Crippen molar-refractivity contribution in [3.8, 4) is 0 Å². The number of nitrogens with zero attached hydrogens (tertiary/aromatic N) is 2. The van der Waals surface area contributed by atoms with E-state index in [1.54, 1.807) is 24.3 Å². The van der Waals surface area contributed by atoms with Crippen molar-refractivity contribution in [2.45, 2.75) is 27.2 Å². The minimum atomic E-state index is -0.294. The molecule has 0 saturated heterocycles. The first-order chi connectivity index (χ1) is 8.93. The van der Waals surface area contributed by atoms with Gasteiger partial charge in [-0.3, -0.25) is 4.79 Å². The number of hydrogen-bond acceptors (Lipinski definition) is 3. The molecule has 0 unspecified atom stereocenters. The summed E-state index contributed by atoms with van der Waals surface area (Å²) in [6.07, 6.45) is 0.251. The van der Waals surface area contributed by atoms with Crippen molar-refractivity contribution in [1.29, 1.82) is 0 Å². The minimum Gasteiger partial charge on any atom is -0.618 e. The van der Waals surface area contributed by atoms with E-state index >= 15 is 0 Å². The molecule has 1 aromatic carbocycles. The summed E-state index contributed by atoms with van der Waals surface area (Å²) in [6, 6.07) is 6.47. The Hall–Kier alpha value is -2.17. The molecule has 0 saturated carbocycles. The highest BCUT2D eigenvalue weighted by atomic mass is 16.5. The number of aromatic nitrogens is 2. The zero-order chi connectivity index (χ0) is 14.2. The molecule has 0 aliphatic heterocycles. The van der Waals surface area contributed by atoms with Gasteiger partial charge in [0.05, 0.1) is 0 Å². The zero-order valence-corrected chi connectivity index (χ0v) is 11.2. The molecule has 19 heavy (non-hydrogen) atoms. The number of ketones is 1. The summed E-state index contributed by atoms with van der Waals surface area (Å²) < 4.78 is 1.22. The third-order valence-electron chi connectivity index (χ3n) is 3.03. The lowest BCUT2D eigenvalue weighted by Crippen LogP contribution is -2.46. The van der Waals surface area contributed by atoms with Crippen LogP contribution in [0.2, 0.25) is 0 Å². The quantitative estimate of drug-likeness (QED) is 0.478. The zero-order valence-electron chi connectivity index (χ0n) is 11.2. The second-order valence-electron chi connectivity index (χ2n) is 5.03. The van der Waals surface area contributed by atoms with Gasteiger partial charge in [-0.1, -0.05) is 26.0 Å². The van der Waals surface area contributed by atoms with Crippen LogP contribution in [-0.4, -0.2) is 5.78 Å². The standard InChI is InChI=1S/C14H16N2O3/c1-9(2)8-13(17)14-10(3)15(18)11-6-4-5-7-12(11)16(14)19/h4-7,9H,8H2,1-3H3. The smallest absolute Gasteiger partial charge is 0.328 e. The maximum Gasteiger partial charge on any atom is 0.328 e. The number of hydrogen-bond donors (Lipinski definition) is 0. The molecule has 1 heterocycles. The number of rotatable bonds is 3. The number of benzene rings is 1. The van der Waals surface area contributed by atoms with Crippen LogP contribution in [0.3, 0.4) is 0 Å². The van der Waals surface area contributed by atoms with E-state index in [1.807, 2.05) is 13.8 Å². The van der Waals surface area contributed by atoms with E-state index in [9.17, 15) is 15.2 Å². The summed E-state index contributed by atoms with van der Waals surface area (Å²) in [5.41, 5.74) is 0.591. The van der Waals surface area contributed by atoms with Gasteiger partial charge in [0, 0.05) is 25.5 Å². The average Bonchev–Trinajstić information content (AvgIpc) is 2.35. The Morgan fingerprint density at radius 3 is 2.21 bits per heavy atom. The molecule has 0 N–H and O–H groups in total. The Kier molecular flexibility index (Phi) is 3.38. The summed E-state index contributed by atoms with van der Waals surface area (Å²) in [4.78, 5) is 12.1. The third-order valence-corrected chi connectivity index (χ3v) is 3.03. The van der Waals surface area contributed by atoms with Crippen LogP contribution in [-0.2, 0) is 0 Å². The number of para-hydroxylation sites is 2. The van der Waals surface area contributed by atoms with Crippen molar-refractivity contribution in [1.82, 2.24) is 0 Å². The Labute approximate surface area is 111 Å². The van der Waals surface area contributed by atoms with E-state index in [2.05, 4.69) is 0 Å². The predicted molar refractivity (Wildman–Crippen MR) is 70.4 cm³/mol. The molecule has 0 aliphatic rings. The van der Waals surface area contributed by atoms with Crippen LogP contribution in [0.1, 0.15) is 36.5 Å². The maximum absolute atomic E-state index is 12.3. The third kappa shape index (κ3) is 2.23. The Bertz CT molecular complexity index is 651. The SMILES string of the molecule is Cc1c(C(=O)CC(C)C)[n+]([O-])c2ccccc2[n+]1[O-]. The van der Waals surface area contributed by atoms with Crippen LogP contribution >= 0.6 is 0 Å². The van der Waals surface area contributed by atoms with Gasteiger partial charge in [-0.25, -0.2) is 0 Å². The number of Topliss-reactive ketones (excluding diaryl/α,β-unsaturated/α-hetero) is 1. The maximum atomic E-state index is 12.3. The summed E-state index contributed by atoms with van der Waals surface area (Å²) in [6.45, 7) is 5.30. The molecule has 5 nitrogen and oxygen atoms in total. The van der Waals surface area contributed by atoms with E-state index in [0.717, 1.165) is 0 Å². The van der Waals surface area contributed by atoms with Gasteiger partial charge in [-0.05, 0) is 5.92 Å². The highest BCUT2D eigenvalue weighted by molar-refractivity contribution is 5.94. The van der Waals surface area contributed by atoms with E-state index in [4.69, 9.17) is 0 Å². The van der Waals surface area contributed by atoms with Gasteiger partial charge in [0.2, 0.25) is 5.78 Å². The van der Waals surface area contributed by atoms with Crippen molar-refractivity contribution in [3.63, 3.8) is 0 Å². The predicted octanol–water partition coefficient (Wildman–Crippen LogP) is 1.64. The fourth-order valence-electron chi connectivity index (χ4n) is 2.13. The summed E-state index contributed by atoms with van der Waals surface area (Å²) in [5, 5.41) is 24.4. The van der Waals surface area contributed by atoms with Crippen molar-refractivity contribution in [3.05, 3.63) is 46.1 Å². The van der Waals surface area contributed by atoms with Crippen molar-refractivity contribution in [2.24, 2.45) is 5.92 Å². The van der Waals surface area contributed by atoms with Crippen LogP contribution in [0.15, 0.2) is 24.3 Å². The molecule has 0 bridgehead atoms. The normalized spacial score (nSPS) is 11.2. The van der Waals surface area contributed by atoms with Gasteiger partial charge in [-0.15, -0.1) is 0 Å². The molecule has 1 aromatic heterocycles. The fraction of sp³-hybridized carbons (Fsp3) is 0.357.